The SMILES string of the molecule is Cc1ccnn1-c1ccc(C(=O)OCC(=O)NCCSCc2ccccc2)cc1. The first-order valence-electron chi connectivity index (χ1n) is 9.30. The number of nitrogens with zero attached hydrogens (tertiary/aromatic N) is 2. The fourth-order valence-electron chi connectivity index (χ4n) is 2.67. The van der Waals surface area contributed by atoms with Crippen molar-refractivity contribution in [2.24, 2.45) is 0 Å². The maximum absolute atomic E-state index is 12.1. The Morgan fingerprint density at radius 2 is 1.83 bits per heavy atom. The van der Waals surface area contributed by atoms with E-state index in [1.165, 1.54) is 5.56 Å². The van der Waals surface area contributed by atoms with Crippen LogP contribution in [0.2, 0.25) is 0 Å². The van der Waals surface area contributed by atoms with E-state index >= 15 is 0 Å². The second kappa shape index (κ2) is 10.5. The molecule has 1 N–H and O–H groups in total. The van der Waals surface area contributed by atoms with Gasteiger partial charge in [-0.1, -0.05) is 30.3 Å². The number of rotatable bonds is 9. The van der Waals surface area contributed by atoms with Crippen molar-refractivity contribution in [3.05, 3.63) is 83.7 Å². The number of thioether (sulfide) groups is 1. The van der Waals surface area contributed by atoms with Crippen molar-refractivity contribution in [3.8, 4) is 5.69 Å². The number of nitrogens with one attached hydrogen (secondary N) is 1. The van der Waals surface area contributed by atoms with Crippen LogP contribution in [-0.4, -0.2) is 40.6 Å². The first-order chi connectivity index (χ1) is 14.1. The molecular formula is C22H23N3O3S. The van der Waals surface area contributed by atoms with Gasteiger partial charge in [0, 0.05) is 29.9 Å². The highest BCUT2D eigenvalue weighted by molar-refractivity contribution is 7.98. The van der Waals surface area contributed by atoms with Crippen molar-refractivity contribution < 1.29 is 14.3 Å². The zero-order valence-corrected chi connectivity index (χ0v) is 17.0. The molecule has 0 aliphatic carbocycles. The quantitative estimate of drug-likeness (QED) is 0.433. The van der Waals surface area contributed by atoms with Crippen LogP contribution in [0.5, 0.6) is 0 Å². The summed E-state index contributed by atoms with van der Waals surface area (Å²) in [5.41, 5.74) is 3.50. The molecule has 150 valence electrons. The molecule has 0 saturated carbocycles. The number of benzene rings is 2. The minimum atomic E-state index is -0.526. The maximum atomic E-state index is 12.1. The van der Waals surface area contributed by atoms with Crippen molar-refractivity contribution in [1.29, 1.82) is 0 Å². The zero-order chi connectivity index (χ0) is 20.5. The lowest BCUT2D eigenvalue weighted by Crippen LogP contribution is -2.30. The van der Waals surface area contributed by atoms with Gasteiger partial charge in [-0.2, -0.15) is 16.9 Å². The Balaban J connectivity index is 1.35. The first kappa shape index (κ1) is 20.7. The summed E-state index contributed by atoms with van der Waals surface area (Å²) in [6.07, 6.45) is 1.72. The van der Waals surface area contributed by atoms with E-state index in [-0.39, 0.29) is 12.5 Å². The van der Waals surface area contributed by atoms with Gasteiger partial charge >= 0.3 is 5.97 Å². The lowest BCUT2D eigenvalue weighted by Gasteiger charge is -2.08. The smallest absolute Gasteiger partial charge is 0.338 e. The Hall–Kier alpha value is -3.06. The lowest BCUT2D eigenvalue weighted by molar-refractivity contribution is -0.124. The lowest BCUT2D eigenvalue weighted by atomic mass is 10.2. The van der Waals surface area contributed by atoms with Gasteiger partial charge in [-0.05, 0) is 42.8 Å². The Labute approximate surface area is 174 Å². The molecule has 29 heavy (non-hydrogen) atoms. The van der Waals surface area contributed by atoms with Gasteiger partial charge < -0.3 is 10.1 Å². The van der Waals surface area contributed by atoms with E-state index in [2.05, 4.69) is 22.5 Å². The van der Waals surface area contributed by atoms with E-state index in [0.717, 1.165) is 22.9 Å². The van der Waals surface area contributed by atoms with Gasteiger partial charge in [-0.3, -0.25) is 4.79 Å². The van der Waals surface area contributed by atoms with Crippen LogP contribution in [0.3, 0.4) is 0 Å². The van der Waals surface area contributed by atoms with Gasteiger partial charge in [0.2, 0.25) is 0 Å². The van der Waals surface area contributed by atoms with Gasteiger partial charge in [0.1, 0.15) is 0 Å². The average molecular weight is 410 g/mol. The molecule has 1 heterocycles. The Bertz CT molecular complexity index is 939. The van der Waals surface area contributed by atoms with E-state index in [0.29, 0.717) is 12.1 Å². The largest absolute Gasteiger partial charge is 0.452 e. The molecule has 2 aromatic carbocycles. The van der Waals surface area contributed by atoms with Crippen molar-refractivity contribution in [2.75, 3.05) is 18.9 Å². The van der Waals surface area contributed by atoms with Crippen molar-refractivity contribution in [1.82, 2.24) is 15.1 Å². The Morgan fingerprint density at radius 3 is 2.52 bits per heavy atom. The second-order valence-corrected chi connectivity index (χ2v) is 7.50. The van der Waals surface area contributed by atoms with E-state index in [1.54, 1.807) is 46.9 Å². The Kier molecular flexibility index (Phi) is 7.47. The summed E-state index contributed by atoms with van der Waals surface area (Å²) in [5, 5.41) is 6.99. The molecule has 0 radical (unpaired) electrons. The molecule has 0 unspecified atom stereocenters. The van der Waals surface area contributed by atoms with Crippen LogP contribution in [-0.2, 0) is 15.3 Å². The summed E-state index contributed by atoms with van der Waals surface area (Å²) in [7, 11) is 0. The van der Waals surface area contributed by atoms with Crippen LogP contribution in [0.4, 0.5) is 0 Å². The number of amides is 1. The van der Waals surface area contributed by atoms with Gasteiger partial charge in [0.25, 0.3) is 5.91 Å². The molecule has 1 aromatic heterocycles. The topological polar surface area (TPSA) is 73.2 Å². The van der Waals surface area contributed by atoms with Crippen LogP contribution in [0, 0.1) is 6.92 Å². The van der Waals surface area contributed by atoms with Crippen molar-refractivity contribution >= 4 is 23.6 Å². The van der Waals surface area contributed by atoms with Gasteiger partial charge in [0.15, 0.2) is 6.61 Å². The molecule has 0 aliphatic rings. The number of hydrogen-bond donors (Lipinski definition) is 1. The van der Waals surface area contributed by atoms with Crippen LogP contribution < -0.4 is 5.32 Å². The zero-order valence-electron chi connectivity index (χ0n) is 16.2. The molecule has 3 rings (SSSR count). The van der Waals surface area contributed by atoms with Crippen molar-refractivity contribution in [3.63, 3.8) is 0 Å². The number of esters is 1. The fourth-order valence-corrected chi connectivity index (χ4v) is 3.49. The van der Waals surface area contributed by atoms with Crippen molar-refractivity contribution in [2.45, 2.75) is 12.7 Å². The molecule has 0 bridgehead atoms. The molecule has 1 amide bonds. The molecule has 0 atom stereocenters. The maximum Gasteiger partial charge on any atom is 0.338 e. The summed E-state index contributed by atoms with van der Waals surface area (Å²) in [4.78, 5) is 24.0. The Morgan fingerprint density at radius 1 is 1.07 bits per heavy atom. The van der Waals surface area contributed by atoms with E-state index in [1.807, 2.05) is 31.2 Å². The molecule has 7 heteroatoms. The summed E-state index contributed by atoms with van der Waals surface area (Å²) in [5.74, 6) is 0.868. The highest BCUT2D eigenvalue weighted by Gasteiger charge is 2.11. The van der Waals surface area contributed by atoms with Crippen LogP contribution >= 0.6 is 11.8 Å². The number of aromatic nitrogens is 2. The summed E-state index contributed by atoms with van der Waals surface area (Å²) >= 11 is 1.74. The fraction of sp³-hybridized carbons (Fsp3) is 0.227. The third-order valence-corrected chi connectivity index (χ3v) is 5.22. The minimum Gasteiger partial charge on any atom is -0.452 e. The predicted octanol–water partition coefficient (Wildman–Crippen LogP) is 3.39. The monoisotopic (exact) mass is 409 g/mol. The number of carbonyl (C=O) groups is 2. The highest BCUT2D eigenvalue weighted by atomic mass is 32.2. The normalized spacial score (nSPS) is 10.5. The number of carbonyl (C=O) groups excluding carboxylic acids is 2. The van der Waals surface area contributed by atoms with Gasteiger partial charge in [-0.15, -0.1) is 0 Å². The molecule has 3 aromatic rings. The summed E-state index contributed by atoms with van der Waals surface area (Å²) < 4.78 is 6.87. The van der Waals surface area contributed by atoms with Gasteiger partial charge in [-0.25, -0.2) is 9.48 Å². The second-order valence-electron chi connectivity index (χ2n) is 6.40. The predicted molar refractivity (Wildman–Crippen MR) is 114 cm³/mol. The minimum absolute atomic E-state index is 0.289. The van der Waals surface area contributed by atoms with E-state index < -0.39 is 5.97 Å². The van der Waals surface area contributed by atoms with Crippen LogP contribution in [0.15, 0.2) is 66.9 Å². The average Bonchev–Trinajstić information content (AvgIpc) is 3.18. The van der Waals surface area contributed by atoms with Crippen LogP contribution in [0.1, 0.15) is 21.6 Å². The van der Waals surface area contributed by atoms with Crippen LogP contribution in [0.25, 0.3) is 5.69 Å². The van der Waals surface area contributed by atoms with Gasteiger partial charge in [0.05, 0.1) is 11.3 Å². The third kappa shape index (κ3) is 6.22. The molecule has 0 fully saturated rings. The van der Waals surface area contributed by atoms with E-state index in [9.17, 15) is 9.59 Å². The molecular weight excluding hydrogens is 386 g/mol. The number of aryl methyl sites for hydroxylation is 1. The third-order valence-electron chi connectivity index (χ3n) is 4.19. The molecule has 0 saturated heterocycles. The standard InChI is InChI=1S/C22H23N3O3S/c1-17-11-12-24-25(17)20-9-7-19(8-10-20)22(27)28-15-21(26)23-13-14-29-16-18-5-3-2-4-6-18/h2-12H,13-16H2,1H3,(H,23,26). The molecule has 0 aliphatic heterocycles. The molecule has 6 nitrogen and oxygen atoms in total. The van der Waals surface area contributed by atoms with E-state index in [4.69, 9.17) is 4.74 Å². The molecule has 0 spiro atoms. The number of hydrogen-bond acceptors (Lipinski definition) is 5. The summed E-state index contributed by atoms with van der Waals surface area (Å²) in [6, 6.07) is 19.0. The highest BCUT2D eigenvalue weighted by Crippen LogP contribution is 2.12. The first-order valence-corrected chi connectivity index (χ1v) is 10.5. The summed E-state index contributed by atoms with van der Waals surface area (Å²) in [6.45, 7) is 2.20. The number of ether oxygens (including phenoxy) is 1.